The van der Waals surface area contributed by atoms with Gasteiger partial charge in [-0.25, -0.2) is 9.97 Å². The van der Waals surface area contributed by atoms with E-state index in [1.54, 1.807) is 6.07 Å². The van der Waals surface area contributed by atoms with Gasteiger partial charge in [0.15, 0.2) is 0 Å². The summed E-state index contributed by atoms with van der Waals surface area (Å²) in [6.07, 6.45) is 0.906. The number of aryl methyl sites for hydroxylation is 2. The summed E-state index contributed by atoms with van der Waals surface area (Å²) in [6.45, 7) is 7.88. The van der Waals surface area contributed by atoms with Gasteiger partial charge in [0.1, 0.15) is 11.0 Å². The highest BCUT2D eigenvalue weighted by molar-refractivity contribution is 6.29. The number of hydrogen-bond donors (Lipinski definition) is 0. The standard InChI is InChI=1S/C7H9ClN2.C2H6/c1-3-6-4-7(8)10-5(2)9-6;1-2/h4H,3H2,1-2H3;1-2H3. The van der Waals surface area contributed by atoms with E-state index >= 15 is 0 Å². The Morgan fingerprint density at radius 3 is 2.33 bits per heavy atom. The van der Waals surface area contributed by atoms with Crippen molar-refractivity contribution in [2.75, 3.05) is 0 Å². The van der Waals surface area contributed by atoms with Crippen LogP contribution in [0.3, 0.4) is 0 Å². The van der Waals surface area contributed by atoms with Gasteiger partial charge >= 0.3 is 0 Å². The Hall–Kier alpha value is -0.630. The first-order valence-electron chi connectivity index (χ1n) is 4.22. The summed E-state index contributed by atoms with van der Waals surface area (Å²) in [6, 6.07) is 1.79. The summed E-state index contributed by atoms with van der Waals surface area (Å²) in [5.74, 6) is 0.740. The van der Waals surface area contributed by atoms with Gasteiger partial charge in [0.25, 0.3) is 0 Å². The Balaban J connectivity index is 0.000000561. The first-order chi connectivity index (χ1) is 5.72. The lowest BCUT2D eigenvalue weighted by atomic mass is 10.3. The van der Waals surface area contributed by atoms with Crippen molar-refractivity contribution in [1.82, 2.24) is 9.97 Å². The van der Waals surface area contributed by atoms with Crippen molar-refractivity contribution in [3.05, 3.63) is 22.7 Å². The summed E-state index contributed by atoms with van der Waals surface area (Å²) < 4.78 is 0. The highest BCUT2D eigenvalue weighted by Crippen LogP contribution is 2.06. The maximum absolute atomic E-state index is 5.68. The zero-order valence-corrected chi connectivity index (χ0v) is 8.81. The van der Waals surface area contributed by atoms with Crippen molar-refractivity contribution in [2.45, 2.75) is 34.1 Å². The highest BCUT2D eigenvalue weighted by atomic mass is 35.5. The molecule has 3 heteroatoms. The Morgan fingerprint density at radius 2 is 1.92 bits per heavy atom. The fourth-order valence-corrected chi connectivity index (χ4v) is 1.02. The minimum atomic E-state index is 0.532. The second-order valence-corrected chi connectivity index (χ2v) is 2.47. The monoisotopic (exact) mass is 186 g/mol. The van der Waals surface area contributed by atoms with Crippen LogP contribution in [0, 0.1) is 6.92 Å². The van der Waals surface area contributed by atoms with Crippen LogP contribution >= 0.6 is 11.6 Å². The van der Waals surface area contributed by atoms with E-state index in [1.807, 2.05) is 27.7 Å². The van der Waals surface area contributed by atoms with Crippen molar-refractivity contribution in [1.29, 1.82) is 0 Å². The summed E-state index contributed by atoms with van der Waals surface area (Å²) >= 11 is 5.68. The number of halogens is 1. The molecular formula is C9H15ClN2. The topological polar surface area (TPSA) is 25.8 Å². The molecule has 12 heavy (non-hydrogen) atoms. The molecule has 1 heterocycles. The second-order valence-electron chi connectivity index (χ2n) is 2.08. The van der Waals surface area contributed by atoms with Crippen LogP contribution in [-0.4, -0.2) is 9.97 Å². The molecule has 0 fully saturated rings. The Labute approximate surface area is 79.0 Å². The van der Waals surface area contributed by atoms with Crippen LogP contribution in [0.1, 0.15) is 32.3 Å². The zero-order chi connectivity index (χ0) is 9.56. The van der Waals surface area contributed by atoms with Crippen LogP contribution in [-0.2, 0) is 6.42 Å². The summed E-state index contributed by atoms with van der Waals surface area (Å²) in [5.41, 5.74) is 0.998. The van der Waals surface area contributed by atoms with Gasteiger partial charge < -0.3 is 0 Å². The van der Waals surface area contributed by atoms with Crippen LogP contribution in [0.2, 0.25) is 5.15 Å². The summed E-state index contributed by atoms with van der Waals surface area (Å²) in [7, 11) is 0. The summed E-state index contributed by atoms with van der Waals surface area (Å²) in [5, 5.41) is 0.532. The molecule has 0 unspecified atom stereocenters. The Kier molecular flexibility index (Phi) is 5.64. The Morgan fingerprint density at radius 1 is 1.33 bits per heavy atom. The number of aromatic nitrogens is 2. The third kappa shape index (κ3) is 3.67. The SMILES string of the molecule is CC.CCc1cc(Cl)nc(C)n1. The van der Waals surface area contributed by atoms with E-state index in [0.29, 0.717) is 5.15 Å². The van der Waals surface area contributed by atoms with E-state index in [2.05, 4.69) is 9.97 Å². The molecule has 0 saturated heterocycles. The zero-order valence-electron chi connectivity index (χ0n) is 8.06. The molecule has 0 saturated carbocycles. The minimum Gasteiger partial charge on any atom is -0.238 e. The quantitative estimate of drug-likeness (QED) is 0.631. The molecular weight excluding hydrogens is 172 g/mol. The number of hydrogen-bond acceptors (Lipinski definition) is 2. The lowest BCUT2D eigenvalue weighted by molar-refractivity contribution is 0.949. The van der Waals surface area contributed by atoms with E-state index in [0.717, 1.165) is 17.9 Å². The summed E-state index contributed by atoms with van der Waals surface area (Å²) in [4.78, 5) is 8.09. The molecule has 0 aliphatic heterocycles. The fraction of sp³-hybridized carbons (Fsp3) is 0.556. The van der Waals surface area contributed by atoms with Gasteiger partial charge in [0.2, 0.25) is 0 Å². The third-order valence-corrected chi connectivity index (χ3v) is 1.42. The lowest BCUT2D eigenvalue weighted by Gasteiger charge is -1.96. The number of nitrogens with zero attached hydrogens (tertiary/aromatic N) is 2. The predicted octanol–water partition coefficient (Wildman–Crippen LogP) is 3.03. The van der Waals surface area contributed by atoms with E-state index in [9.17, 15) is 0 Å². The molecule has 1 aromatic rings. The molecule has 0 radical (unpaired) electrons. The fourth-order valence-electron chi connectivity index (χ4n) is 0.771. The lowest BCUT2D eigenvalue weighted by Crippen LogP contribution is -1.93. The largest absolute Gasteiger partial charge is 0.238 e. The molecule has 0 aliphatic carbocycles. The van der Waals surface area contributed by atoms with Crippen LogP contribution in [0.5, 0.6) is 0 Å². The maximum atomic E-state index is 5.68. The molecule has 0 N–H and O–H groups in total. The van der Waals surface area contributed by atoms with Gasteiger partial charge in [-0.1, -0.05) is 32.4 Å². The van der Waals surface area contributed by atoms with Crippen molar-refractivity contribution < 1.29 is 0 Å². The molecule has 0 amide bonds. The minimum absolute atomic E-state index is 0.532. The molecule has 0 aromatic carbocycles. The van der Waals surface area contributed by atoms with Gasteiger partial charge in [-0.2, -0.15) is 0 Å². The smallest absolute Gasteiger partial charge is 0.133 e. The van der Waals surface area contributed by atoms with Gasteiger partial charge in [-0.15, -0.1) is 0 Å². The molecule has 0 bridgehead atoms. The van der Waals surface area contributed by atoms with E-state index in [4.69, 9.17) is 11.6 Å². The Bertz CT molecular complexity index is 216. The average Bonchev–Trinajstić information content (AvgIpc) is 2.06. The van der Waals surface area contributed by atoms with Gasteiger partial charge in [-0.3, -0.25) is 0 Å². The third-order valence-electron chi connectivity index (χ3n) is 1.22. The van der Waals surface area contributed by atoms with Crippen LogP contribution in [0.4, 0.5) is 0 Å². The van der Waals surface area contributed by atoms with Gasteiger partial charge in [0, 0.05) is 5.69 Å². The molecule has 1 aromatic heterocycles. The maximum Gasteiger partial charge on any atom is 0.133 e. The van der Waals surface area contributed by atoms with Crippen LogP contribution in [0.15, 0.2) is 6.07 Å². The molecule has 0 aliphatic rings. The van der Waals surface area contributed by atoms with Crippen LogP contribution < -0.4 is 0 Å². The van der Waals surface area contributed by atoms with Crippen molar-refractivity contribution in [3.8, 4) is 0 Å². The first kappa shape index (κ1) is 11.4. The normalized spacial score (nSPS) is 8.75. The predicted molar refractivity (Wildman–Crippen MR) is 52.5 cm³/mol. The molecule has 2 nitrogen and oxygen atoms in total. The molecule has 68 valence electrons. The van der Waals surface area contributed by atoms with Crippen LogP contribution in [0.25, 0.3) is 0 Å². The van der Waals surface area contributed by atoms with E-state index in [-0.39, 0.29) is 0 Å². The molecule has 0 atom stereocenters. The number of rotatable bonds is 1. The van der Waals surface area contributed by atoms with Crippen molar-refractivity contribution in [2.24, 2.45) is 0 Å². The van der Waals surface area contributed by atoms with E-state index in [1.165, 1.54) is 0 Å². The molecule has 1 rings (SSSR count). The average molecular weight is 187 g/mol. The van der Waals surface area contributed by atoms with Gasteiger partial charge in [-0.05, 0) is 19.4 Å². The highest BCUT2D eigenvalue weighted by Gasteiger charge is 1.95. The van der Waals surface area contributed by atoms with E-state index < -0.39 is 0 Å². The first-order valence-corrected chi connectivity index (χ1v) is 4.60. The second kappa shape index (κ2) is 5.95. The van der Waals surface area contributed by atoms with Crippen molar-refractivity contribution in [3.63, 3.8) is 0 Å². The van der Waals surface area contributed by atoms with Crippen molar-refractivity contribution >= 4 is 11.6 Å². The van der Waals surface area contributed by atoms with Gasteiger partial charge in [0.05, 0.1) is 0 Å². The molecule has 0 spiro atoms.